The van der Waals surface area contributed by atoms with Crippen molar-refractivity contribution in [1.82, 2.24) is 10.5 Å². The first-order valence-corrected chi connectivity index (χ1v) is 9.18. The number of rotatable bonds is 4. The average Bonchev–Trinajstić information content (AvgIpc) is 3.08. The molecule has 0 unspecified atom stereocenters. The number of hydrogen-bond acceptors (Lipinski definition) is 6. The Kier molecular flexibility index (Phi) is 4.25. The molecule has 1 aromatic carbocycles. The fraction of sp³-hybridized carbons (Fsp3) is 0.381. The van der Waals surface area contributed by atoms with Crippen molar-refractivity contribution in [1.29, 1.82) is 0 Å². The summed E-state index contributed by atoms with van der Waals surface area (Å²) in [5, 5.41) is 6.73. The molecule has 2 aliphatic rings. The minimum absolute atomic E-state index is 0.117. The number of esters is 1. The largest absolute Gasteiger partial charge is 0.489 e. The van der Waals surface area contributed by atoms with Crippen LogP contribution < -0.4 is 10.1 Å². The zero-order chi connectivity index (χ0) is 20.1. The van der Waals surface area contributed by atoms with Gasteiger partial charge in [0, 0.05) is 12.3 Å². The maximum Gasteiger partial charge on any atom is 0.337 e. The fourth-order valence-corrected chi connectivity index (χ4v) is 3.72. The second-order valence-electron chi connectivity index (χ2n) is 7.65. The molecule has 0 saturated carbocycles. The Morgan fingerprint density at radius 3 is 2.57 bits per heavy atom. The van der Waals surface area contributed by atoms with Gasteiger partial charge in [-0.25, -0.2) is 4.79 Å². The number of cyclic esters (lactones) is 1. The summed E-state index contributed by atoms with van der Waals surface area (Å²) in [5.74, 6) is 0.615. The van der Waals surface area contributed by atoms with E-state index >= 15 is 0 Å². The van der Waals surface area contributed by atoms with E-state index in [-0.39, 0.29) is 24.2 Å². The van der Waals surface area contributed by atoms with E-state index in [4.69, 9.17) is 14.0 Å². The molecule has 2 aliphatic heterocycles. The zero-order valence-electron chi connectivity index (χ0n) is 16.3. The normalized spacial score (nSPS) is 20.6. The molecular formula is C21H22N2O5. The lowest BCUT2D eigenvalue weighted by Gasteiger charge is -2.27. The topological polar surface area (TPSA) is 90.7 Å². The Morgan fingerprint density at radius 2 is 1.93 bits per heavy atom. The van der Waals surface area contributed by atoms with Crippen LogP contribution in [-0.4, -0.2) is 22.6 Å². The molecule has 28 heavy (non-hydrogen) atoms. The number of benzene rings is 1. The molecule has 0 aliphatic carbocycles. The van der Waals surface area contributed by atoms with Crippen molar-refractivity contribution in [3.63, 3.8) is 0 Å². The standard InChI is InChI=1S/C21H22N2O5/c1-11-16(12(2)28-23-11)10-26-14-7-5-13(6-8-14)15-9-17(24)22-19-18(15)20(25)27-21(19,3)4/h5-8,15H,9-10H2,1-4H3,(H,22,24)/t15-/m0/s1. The van der Waals surface area contributed by atoms with Crippen LogP contribution in [0.4, 0.5) is 0 Å². The monoisotopic (exact) mass is 382 g/mol. The van der Waals surface area contributed by atoms with Gasteiger partial charge in [-0.15, -0.1) is 0 Å². The van der Waals surface area contributed by atoms with Crippen molar-refractivity contribution in [2.45, 2.75) is 52.2 Å². The van der Waals surface area contributed by atoms with Gasteiger partial charge in [0.05, 0.1) is 22.5 Å². The first-order chi connectivity index (χ1) is 13.3. The molecule has 146 valence electrons. The van der Waals surface area contributed by atoms with Gasteiger partial charge in [0.2, 0.25) is 5.91 Å². The molecule has 0 fully saturated rings. The Bertz CT molecular complexity index is 965. The number of ether oxygens (including phenoxy) is 2. The van der Waals surface area contributed by atoms with Gasteiger partial charge in [0.25, 0.3) is 0 Å². The molecule has 4 rings (SSSR count). The second kappa shape index (κ2) is 6.51. The number of nitrogens with one attached hydrogen (secondary N) is 1. The zero-order valence-corrected chi connectivity index (χ0v) is 16.3. The van der Waals surface area contributed by atoms with Gasteiger partial charge >= 0.3 is 5.97 Å². The third-order valence-electron chi connectivity index (χ3n) is 5.29. The van der Waals surface area contributed by atoms with Crippen molar-refractivity contribution in [3.8, 4) is 5.75 Å². The SMILES string of the molecule is Cc1noc(C)c1COc1ccc([C@@H]2CC(=O)NC3=C2C(=O)OC3(C)C)cc1. The van der Waals surface area contributed by atoms with E-state index in [9.17, 15) is 9.59 Å². The Hall–Kier alpha value is -3.09. The smallest absolute Gasteiger partial charge is 0.337 e. The minimum atomic E-state index is -0.821. The molecule has 0 spiro atoms. The molecule has 0 saturated heterocycles. The number of amides is 1. The van der Waals surface area contributed by atoms with Crippen LogP contribution in [0.1, 0.15) is 48.8 Å². The van der Waals surface area contributed by atoms with Crippen LogP contribution in [0.25, 0.3) is 0 Å². The number of carbonyl (C=O) groups excluding carboxylic acids is 2. The van der Waals surface area contributed by atoms with E-state index in [1.165, 1.54) is 0 Å². The summed E-state index contributed by atoms with van der Waals surface area (Å²) >= 11 is 0. The predicted octanol–water partition coefficient (Wildman–Crippen LogP) is 3.06. The molecule has 0 radical (unpaired) electrons. The molecule has 1 aromatic heterocycles. The molecule has 2 aromatic rings. The summed E-state index contributed by atoms with van der Waals surface area (Å²) in [7, 11) is 0. The molecule has 1 atom stereocenters. The highest BCUT2D eigenvalue weighted by Crippen LogP contribution is 2.42. The Morgan fingerprint density at radius 1 is 1.21 bits per heavy atom. The van der Waals surface area contributed by atoms with Crippen LogP contribution in [0.5, 0.6) is 5.75 Å². The van der Waals surface area contributed by atoms with Gasteiger partial charge in [0.1, 0.15) is 23.7 Å². The van der Waals surface area contributed by atoms with Crippen LogP contribution in [-0.2, 0) is 20.9 Å². The summed E-state index contributed by atoms with van der Waals surface area (Å²) in [6.45, 7) is 7.65. The van der Waals surface area contributed by atoms with Crippen molar-refractivity contribution in [2.24, 2.45) is 0 Å². The van der Waals surface area contributed by atoms with Crippen molar-refractivity contribution < 1.29 is 23.6 Å². The van der Waals surface area contributed by atoms with E-state index < -0.39 is 5.60 Å². The third kappa shape index (κ3) is 3.06. The van der Waals surface area contributed by atoms with Gasteiger partial charge in [0.15, 0.2) is 0 Å². The average molecular weight is 382 g/mol. The second-order valence-corrected chi connectivity index (χ2v) is 7.65. The fourth-order valence-electron chi connectivity index (χ4n) is 3.72. The molecule has 1 N–H and O–H groups in total. The number of aryl methyl sites for hydroxylation is 2. The van der Waals surface area contributed by atoms with Gasteiger partial charge in [-0.2, -0.15) is 0 Å². The quantitative estimate of drug-likeness (QED) is 0.818. The van der Waals surface area contributed by atoms with Gasteiger partial charge < -0.3 is 19.3 Å². The van der Waals surface area contributed by atoms with Crippen LogP contribution in [0, 0.1) is 13.8 Å². The number of hydrogen-bond donors (Lipinski definition) is 1. The molecule has 7 nitrogen and oxygen atoms in total. The van der Waals surface area contributed by atoms with Crippen LogP contribution in [0.15, 0.2) is 40.1 Å². The third-order valence-corrected chi connectivity index (χ3v) is 5.29. The van der Waals surface area contributed by atoms with Crippen LogP contribution in [0.2, 0.25) is 0 Å². The minimum Gasteiger partial charge on any atom is -0.489 e. The Labute approximate surface area is 162 Å². The molecule has 7 heteroatoms. The number of aromatic nitrogens is 1. The summed E-state index contributed by atoms with van der Waals surface area (Å²) in [6, 6.07) is 7.45. The van der Waals surface area contributed by atoms with Gasteiger partial charge in [-0.3, -0.25) is 4.79 Å². The maximum absolute atomic E-state index is 12.4. The summed E-state index contributed by atoms with van der Waals surface area (Å²) in [5.41, 5.74) is 2.90. The Balaban J connectivity index is 1.56. The molecule has 0 bridgehead atoms. The van der Waals surface area contributed by atoms with E-state index in [1.807, 2.05) is 38.1 Å². The number of carbonyl (C=O) groups is 2. The highest BCUT2D eigenvalue weighted by molar-refractivity contribution is 5.99. The molecular weight excluding hydrogens is 360 g/mol. The van der Waals surface area contributed by atoms with E-state index in [0.717, 1.165) is 22.6 Å². The maximum atomic E-state index is 12.4. The van der Waals surface area contributed by atoms with E-state index in [2.05, 4.69) is 10.5 Å². The van der Waals surface area contributed by atoms with Crippen LogP contribution >= 0.6 is 0 Å². The van der Waals surface area contributed by atoms with Crippen LogP contribution in [0.3, 0.4) is 0 Å². The van der Waals surface area contributed by atoms with Crippen molar-refractivity contribution in [3.05, 3.63) is 58.1 Å². The first kappa shape index (κ1) is 18.3. The predicted molar refractivity (Wildman–Crippen MR) is 99.4 cm³/mol. The lowest BCUT2D eigenvalue weighted by Crippen LogP contribution is -2.38. The highest BCUT2D eigenvalue weighted by atomic mass is 16.6. The highest BCUT2D eigenvalue weighted by Gasteiger charge is 2.47. The van der Waals surface area contributed by atoms with E-state index in [1.54, 1.807) is 13.8 Å². The summed E-state index contributed by atoms with van der Waals surface area (Å²) in [4.78, 5) is 24.6. The summed E-state index contributed by atoms with van der Waals surface area (Å²) < 4.78 is 16.4. The van der Waals surface area contributed by atoms with Gasteiger partial charge in [-0.05, 0) is 45.4 Å². The summed E-state index contributed by atoms with van der Waals surface area (Å²) in [6.07, 6.45) is 0.212. The van der Waals surface area contributed by atoms with Crippen molar-refractivity contribution >= 4 is 11.9 Å². The molecule has 3 heterocycles. The molecule has 1 amide bonds. The lowest BCUT2D eigenvalue weighted by atomic mass is 9.83. The number of nitrogens with zero attached hydrogens (tertiary/aromatic N) is 1. The van der Waals surface area contributed by atoms with Gasteiger partial charge in [-0.1, -0.05) is 17.3 Å². The van der Waals surface area contributed by atoms with Crippen molar-refractivity contribution in [2.75, 3.05) is 0 Å². The van der Waals surface area contributed by atoms with E-state index in [0.29, 0.717) is 23.6 Å². The lowest BCUT2D eigenvalue weighted by molar-refractivity contribution is -0.144. The first-order valence-electron chi connectivity index (χ1n) is 9.18.